The molecular weight excluding hydrogens is 388 g/mol. The zero-order valence-corrected chi connectivity index (χ0v) is 18.0. The molecule has 1 saturated carbocycles. The van der Waals surface area contributed by atoms with E-state index in [0.29, 0.717) is 23.6 Å². The maximum absolute atomic E-state index is 12.9. The van der Waals surface area contributed by atoms with Crippen LogP contribution in [0.25, 0.3) is 0 Å². The van der Waals surface area contributed by atoms with E-state index in [1.165, 1.54) is 32.1 Å². The van der Waals surface area contributed by atoms with Crippen molar-refractivity contribution in [2.45, 2.75) is 63.5 Å². The fraction of sp³-hybridized carbons (Fsp3) is 0.696. The van der Waals surface area contributed by atoms with Crippen molar-refractivity contribution >= 4 is 17.5 Å². The van der Waals surface area contributed by atoms with Crippen LogP contribution in [0, 0.1) is 5.92 Å². The lowest BCUT2D eigenvalue weighted by Crippen LogP contribution is -2.39. The van der Waals surface area contributed by atoms with E-state index < -0.39 is 0 Å². The van der Waals surface area contributed by atoms with Crippen molar-refractivity contribution in [2.75, 3.05) is 32.8 Å². The molecule has 29 heavy (non-hydrogen) atoms. The third-order valence-electron chi connectivity index (χ3n) is 6.57. The number of likely N-dealkylation sites (tertiary alicyclic amines) is 1. The minimum atomic E-state index is 0.0668. The van der Waals surface area contributed by atoms with Gasteiger partial charge in [0.15, 0.2) is 0 Å². The van der Waals surface area contributed by atoms with Crippen LogP contribution in [-0.2, 0) is 16.0 Å². The Morgan fingerprint density at radius 2 is 2.07 bits per heavy atom. The number of halogens is 1. The van der Waals surface area contributed by atoms with Gasteiger partial charge in [-0.2, -0.15) is 0 Å². The molecule has 1 aromatic rings. The van der Waals surface area contributed by atoms with Gasteiger partial charge in [0.2, 0.25) is 5.91 Å². The predicted octanol–water partition coefficient (Wildman–Crippen LogP) is 3.82. The highest BCUT2D eigenvalue weighted by Crippen LogP contribution is 2.32. The lowest BCUT2D eigenvalue weighted by molar-refractivity contribution is -0.133. The molecule has 0 spiro atoms. The second-order valence-corrected chi connectivity index (χ2v) is 9.01. The predicted molar refractivity (Wildman–Crippen MR) is 115 cm³/mol. The van der Waals surface area contributed by atoms with Crippen molar-refractivity contribution in [3.05, 3.63) is 28.8 Å². The van der Waals surface area contributed by atoms with Crippen molar-refractivity contribution in [2.24, 2.45) is 5.92 Å². The second kappa shape index (κ2) is 10.1. The second-order valence-electron chi connectivity index (χ2n) is 8.60. The minimum absolute atomic E-state index is 0.0668. The summed E-state index contributed by atoms with van der Waals surface area (Å²) in [6.07, 6.45) is 8.93. The Hall–Kier alpha value is -1.30. The molecule has 2 atom stereocenters. The van der Waals surface area contributed by atoms with Crippen LogP contribution in [0.4, 0.5) is 0 Å². The number of carbonyl (C=O) groups is 1. The van der Waals surface area contributed by atoms with Crippen LogP contribution in [0.2, 0.25) is 5.02 Å². The highest BCUT2D eigenvalue weighted by atomic mass is 35.5. The average molecular weight is 421 g/mol. The first kappa shape index (κ1) is 21.0. The molecule has 1 aliphatic carbocycles. The number of hydrogen-bond acceptors (Lipinski definition) is 4. The maximum Gasteiger partial charge on any atom is 0.226 e. The van der Waals surface area contributed by atoms with Gasteiger partial charge in [-0.25, -0.2) is 0 Å². The highest BCUT2D eigenvalue weighted by molar-refractivity contribution is 6.31. The summed E-state index contributed by atoms with van der Waals surface area (Å²) in [5.41, 5.74) is 1.04. The van der Waals surface area contributed by atoms with Crippen molar-refractivity contribution in [1.29, 1.82) is 0 Å². The zero-order valence-electron chi connectivity index (χ0n) is 17.2. The molecule has 0 radical (unpaired) electrons. The number of carbonyl (C=O) groups excluding carboxylic acids is 1. The van der Waals surface area contributed by atoms with Crippen LogP contribution in [-0.4, -0.2) is 55.8 Å². The Bertz CT molecular complexity index is 687. The first-order valence-electron chi connectivity index (χ1n) is 11.2. The molecule has 1 amide bonds. The Labute approximate surface area is 179 Å². The molecule has 1 aromatic carbocycles. The van der Waals surface area contributed by atoms with Crippen LogP contribution in [0.5, 0.6) is 5.75 Å². The lowest BCUT2D eigenvalue weighted by atomic mass is 9.94. The summed E-state index contributed by atoms with van der Waals surface area (Å²) in [4.78, 5) is 15.1. The topological polar surface area (TPSA) is 50.8 Å². The third-order valence-corrected chi connectivity index (χ3v) is 6.92. The lowest BCUT2D eigenvalue weighted by Gasteiger charge is -2.31. The van der Waals surface area contributed by atoms with Gasteiger partial charge in [0.05, 0.1) is 19.3 Å². The first-order chi connectivity index (χ1) is 14.2. The zero-order chi connectivity index (χ0) is 20.1. The smallest absolute Gasteiger partial charge is 0.226 e. The van der Waals surface area contributed by atoms with Gasteiger partial charge >= 0.3 is 0 Å². The summed E-state index contributed by atoms with van der Waals surface area (Å²) in [7, 11) is 0. The standard InChI is InChI=1S/C23H33ClN2O3/c24-22-15-20(28-12-9-21-16-25-10-13-29-21)7-6-17(22)14-18-8-11-26(23(18)27)19-4-2-1-3-5-19/h6-7,15,18-19,21,25H,1-5,8-14,16H2. The van der Waals surface area contributed by atoms with Crippen molar-refractivity contribution in [3.63, 3.8) is 0 Å². The maximum atomic E-state index is 12.9. The number of amides is 1. The normalized spacial score (nSPS) is 26.1. The van der Waals surface area contributed by atoms with Crippen LogP contribution in [0.3, 0.4) is 0 Å². The molecule has 160 valence electrons. The molecule has 1 N–H and O–H groups in total. The van der Waals surface area contributed by atoms with Gasteiger partial charge in [0, 0.05) is 43.0 Å². The molecule has 6 heteroatoms. The van der Waals surface area contributed by atoms with E-state index in [-0.39, 0.29) is 12.0 Å². The quantitative estimate of drug-likeness (QED) is 0.728. The van der Waals surface area contributed by atoms with Crippen molar-refractivity contribution in [3.8, 4) is 5.75 Å². The summed E-state index contributed by atoms with van der Waals surface area (Å²) >= 11 is 6.53. The number of morpholine rings is 1. The van der Waals surface area contributed by atoms with E-state index in [9.17, 15) is 4.79 Å². The van der Waals surface area contributed by atoms with E-state index >= 15 is 0 Å². The Morgan fingerprint density at radius 3 is 2.83 bits per heavy atom. The summed E-state index contributed by atoms with van der Waals surface area (Å²) in [6.45, 7) is 4.10. The number of nitrogens with one attached hydrogen (secondary N) is 1. The van der Waals surface area contributed by atoms with Gasteiger partial charge in [-0.1, -0.05) is 36.9 Å². The molecule has 5 nitrogen and oxygen atoms in total. The van der Waals surface area contributed by atoms with Gasteiger partial charge < -0.3 is 19.7 Å². The van der Waals surface area contributed by atoms with Crippen molar-refractivity contribution in [1.82, 2.24) is 10.2 Å². The van der Waals surface area contributed by atoms with Gasteiger partial charge in [-0.05, 0) is 43.4 Å². The van der Waals surface area contributed by atoms with Crippen LogP contribution >= 0.6 is 11.6 Å². The fourth-order valence-electron chi connectivity index (χ4n) is 4.87. The highest BCUT2D eigenvalue weighted by Gasteiger charge is 2.36. The van der Waals surface area contributed by atoms with Crippen LogP contribution < -0.4 is 10.1 Å². The Kier molecular flexibility index (Phi) is 7.33. The SMILES string of the molecule is O=C1C(Cc2ccc(OCCC3CNCCO3)cc2Cl)CCN1C1CCCCC1. The Balaban J connectivity index is 1.27. The average Bonchev–Trinajstić information content (AvgIpc) is 3.11. The summed E-state index contributed by atoms with van der Waals surface area (Å²) in [5, 5.41) is 4.03. The summed E-state index contributed by atoms with van der Waals surface area (Å²) < 4.78 is 11.6. The van der Waals surface area contributed by atoms with Gasteiger partial charge in [-0.15, -0.1) is 0 Å². The number of benzene rings is 1. The summed E-state index contributed by atoms with van der Waals surface area (Å²) in [5.74, 6) is 1.18. The van der Waals surface area contributed by atoms with Gasteiger partial charge in [-0.3, -0.25) is 4.79 Å². The molecule has 0 bridgehead atoms. The van der Waals surface area contributed by atoms with E-state index in [0.717, 1.165) is 56.8 Å². The monoisotopic (exact) mass is 420 g/mol. The van der Waals surface area contributed by atoms with Gasteiger partial charge in [0.25, 0.3) is 0 Å². The van der Waals surface area contributed by atoms with Gasteiger partial charge in [0.1, 0.15) is 5.75 Å². The Morgan fingerprint density at radius 1 is 1.21 bits per heavy atom. The minimum Gasteiger partial charge on any atom is -0.493 e. The molecule has 2 saturated heterocycles. The molecule has 0 aromatic heterocycles. The number of nitrogens with zero attached hydrogens (tertiary/aromatic N) is 1. The van der Waals surface area contributed by atoms with E-state index in [1.54, 1.807) is 0 Å². The van der Waals surface area contributed by atoms with Crippen LogP contribution in [0.15, 0.2) is 18.2 Å². The molecule has 4 rings (SSSR count). The number of hydrogen-bond donors (Lipinski definition) is 1. The fourth-order valence-corrected chi connectivity index (χ4v) is 5.12. The molecule has 3 aliphatic rings. The molecule has 2 unspecified atom stereocenters. The third kappa shape index (κ3) is 5.44. The van der Waals surface area contributed by atoms with E-state index in [2.05, 4.69) is 10.2 Å². The molecule has 2 aliphatic heterocycles. The number of rotatable bonds is 7. The molecular formula is C23H33ClN2O3. The van der Waals surface area contributed by atoms with Crippen LogP contribution in [0.1, 0.15) is 50.5 Å². The molecule has 3 fully saturated rings. The molecule has 2 heterocycles. The largest absolute Gasteiger partial charge is 0.493 e. The van der Waals surface area contributed by atoms with E-state index in [4.69, 9.17) is 21.1 Å². The van der Waals surface area contributed by atoms with E-state index in [1.807, 2.05) is 18.2 Å². The number of ether oxygens (including phenoxy) is 2. The van der Waals surface area contributed by atoms with Crippen molar-refractivity contribution < 1.29 is 14.3 Å². The first-order valence-corrected chi connectivity index (χ1v) is 11.6. The summed E-state index contributed by atoms with van der Waals surface area (Å²) in [6, 6.07) is 6.34.